The lowest BCUT2D eigenvalue weighted by atomic mass is 10.1. The molecule has 29 heavy (non-hydrogen) atoms. The van der Waals surface area contributed by atoms with Crippen LogP contribution in [0.2, 0.25) is 0 Å². The molecule has 3 aromatic heterocycles. The van der Waals surface area contributed by atoms with Crippen LogP contribution in [0, 0.1) is 0 Å². The first-order valence-electron chi connectivity index (χ1n) is 10.5. The molecule has 0 bridgehead atoms. The molecule has 1 atom stereocenters. The highest BCUT2D eigenvalue weighted by molar-refractivity contribution is 5.81. The van der Waals surface area contributed by atoms with E-state index in [0.29, 0.717) is 0 Å². The van der Waals surface area contributed by atoms with Gasteiger partial charge in [-0.05, 0) is 50.5 Å². The van der Waals surface area contributed by atoms with Crippen LogP contribution >= 0.6 is 0 Å². The molecule has 4 heterocycles. The molecule has 5 rings (SSSR count). The van der Waals surface area contributed by atoms with Gasteiger partial charge in [0.2, 0.25) is 0 Å². The maximum Gasteiger partial charge on any atom is 0.160 e. The van der Waals surface area contributed by atoms with Crippen molar-refractivity contribution >= 4 is 22.4 Å². The van der Waals surface area contributed by atoms with Gasteiger partial charge < -0.3 is 10.2 Å². The number of benzene rings is 1. The van der Waals surface area contributed by atoms with Gasteiger partial charge in [0.1, 0.15) is 5.82 Å². The second-order valence-electron chi connectivity index (χ2n) is 7.80. The van der Waals surface area contributed by atoms with Gasteiger partial charge in [-0.15, -0.1) is 10.2 Å². The Morgan fingerprint density at radius 2 is 1.83 bits per heavy atom. The predicted octanol–water partition coefficient (Wildman–Crippen LogP) is 4.12. The van der Waals surface area contributed by atoms with E-state index in [0.717, 1.165) is 42.4 Å². The summed E-state index contributed by atoms with van der Waals surface area (Å²) in [6, 6.07) is 16.7. The van der Waals surface area contributed by atoms with Gasteiger partial charge in [0, 0.05) is 36.8 Å². The molecule has 0 aliphatic carbocycles. The number of pyridine rings is 2. The van der Waals surface area contributed by atoms with Crippen molar-refractivity contribution in [1.29, 1.82) is 0 Å². The monoisotopic (exact) mass is 386 g/mol. The maximum absolute atomic E-state index is 5.04. The molecule has 148 valence electrons. The van der Waals surface area contributed by atoms with Crippen molar-refractivity contribution in [3.63, 3.8) is 0 Å². The van der Waals surface area contributed by atoms with Gasteiger partial charge in [-0.1, -0.05) is 24.3 Å². The highest BCUT2D eigenvalue weighted by Gasteiger charge is 2.19. The second-order valence-corrected chi connectivity index (χ2v) is 7.80. The smallest absolute Gasteiger partial charge is 0.160 e. The average molecular weight is 387 g/mol. The summed E-state index contributed by atoms with van der Waals surface area (Å²) in [4.78, 5) is 7.49. The molecule has 1 unspecified atom stereocenters. The topological polar surface area (TPSA) is 58.4 Å². The fourth-order valence-electron chi connectivity index (χ4n) is 4.17. The first kappa shape index (κ1) is 18.1. The van der Waals surface area contributed by atoms with E-state index in [-0.39, 0.29) is 6.04 Å². The predicted molar refractivity (Wildman–Crippen MR) is 116 cm³/mol. The summed E-state index contributed by atoms with van der Waals surface area (Å²) in [7, 11) is 0. The highest BCUT2D eigenvalue weighted by Crippen LogP contribution is 2.27. The Bertz CT molecular complexity index is 1130. The Kier molecular flexibility index (Phi) is 4.86. The molecule has 4 aromatic rings. The number of aromatic nitrogens is 4. The Balaban J connectivity index is 1.44. The first-order chi connectivity index (χ1) is 14.3. The van der Waals surface area contributed by atoms with Crippen LogP contribution < -0.4 is 10.2 Å². The minimum atomic E-state index is 0.0769. The standard InChI is InChI=1S/C23H26N6/c1-17(22-27-26-21-11-5-8-14-29(21)22)24-16-19-15-18-9-3-4-10-20(18)25-23(19)28-12-6-2-7-13-28/h3-5,8-11,14-15,17,24H,2,6-7,12-13,16H2,1H3. The number of nitrogens with zero attached hydrogens (tertiary/aromatic N) is 5. The van der Waals surface area contributed by atoms with Crippen LogP contribution in [-0.4, -0.2) is 32.7 Å². The van der Waals surface area contributed by atoms with Crippen molar-refractivity contribution in [2.75, 3.05) is 18.0 Å². The zero-order chi connectivity index (χ0) is 19.6. The molecule has 0 amide bonds. The summed E-state index contributed by atoms with van der Waals surface area (Å²) in [6.45, 7) is 5.05. The summed E-state index contributed by atoms with van der Waals surface area (Å²) in [5, 5.41) is 13.5. The van der Waals surface area contributed by atoms with Crippen molar-refractivity contribution in [3.05, 3.63) is 66.1 Å². The Morgan fingerprint density at radius 1 is 1.00 bits per heavy atom. The van der Waals surface area contributed by atoms with Crippen molar-refractivity contribution < 1.29 is 0 Å². The molecule has 0 saturated carbocycles. The van der Waals surface area contributed by atoms with Gasteiger partial charge in [-0.2, -0.15) is 0 Å². The summed E-state index contributed by atoms with van der Waals surface area (Å²) in [5.74, 6) is 2.04. The lowest BCUT2D eigenvalue weighted by molar-refractivity contribution is 0.535. The van der Waals surface area contributed by atoms with Crippen LogP contribution in [0.3, 0.4) is 0 Å². The van der Waals surface area contributed by atoms with E-state index >= 15 is 0 Å². The van der Waals surface area contributed by atoms with E-state index in [1.807, 2.05) is 28.8 Å². The van der Waals surface area contributed by atoms with E-state index in [9.17, 15) is 0 Å². The molecular formula is C23H26N6. The molecule has 1 saturated heterocycles. The van der Waals surface area contributed by atoms with Crippen molar-refractivity contribution in [1.82, 2.24) is 24.9 Å². The lowest BCUT2D eigenvalue weighted by Crippen LogP contribution is -2.32. The SMILES string of the molecule is CC(NCc1cc2ccccc2nc1N1CCCCC1)c1nnc2ccccn12. The molecule has 1 aliphatic rings. The molecule has 1 aliphatic heterocycles. The third-order valence-electron chi connectivity index (χ3n) is 5.76. The molecule has 0 radical (unpaired) electrons. The van der Waals surface area contributed by atoms with E-state index in [1.165, 1.54) is 30.2 Å². The number of nitrogens with one attached hydrogen (secondary N) is 1. The van der Waals surface area contributed by atoms with E-state index in [4.69, 9.17) is 4.98 Å². The maximum atomic E-state index is 5.04. The fraction of sp³-hybridized carbons (Fsp3) is 0.348. The van der Waals surface area contributed by atoms with Gasteiger partial charge in [0.05, 0.1) is 11.6 Å². The van der Waals surface area contributed by atoms with Crippen LogP contribution in [0.1, 0.15) is 43.6 Å². The number of para-hydroxylation sites is 1. The fourth-order valence-corrected chi connectivity index (χ4v) is 4.17. The number of piperidine rings is 1. The molecule has 6 heteroatoms. The third-order valence-corrected chi connectivity index (χ3v) is 5.76. The number of hydrogen-bond donors (Lipinski definition) is 1. The molecule has 6 nitrogen and oxygen atoms in total. The zero-order valence-corrected chi connectivity index (χ0v) is 16.8. The van der Waals surface area contributed by atoms with Gasteiger partial charge >= 0.3 is 0 Å². The minimum absolute atomic E-state index is 0.0769. The van der Waals surface area contributed by atoms with Gasteiger partial charge in [-0.25, -0.2) is 4.98 Å². The van der Waals surface area contributed by atoms with Crippen molar-refractivity contribution in [3.8, 4) is 0 Å². The summed E-state index contributed by atoms with van der Waals surface area (Å²) in [5.41, 5.74) is 3.18. The molecular weight excluding hydrogens is 360 g/mol. The number of rotatable bonds is 5. The number of anilines is 1. The van der Waals surface area contributed by atoms with Gasteiger partial charge in [0.15, 0.2) is 11.5 Å². The lowest BCUT2D eigenvalue weighted by Gasteiger charge is -2.30. The van der Waals surface area contributed by atoms with Crippen LogP contribution in [0.4, 0.5) is 5.82 Å². The van der Waals surface area contributed by atoms with E-state index in [1.54, 1.807) is 0 Å². The molecule has 1 N–H and O–H groups in total. The van der Waals surface area contributed by atoms with Crippen LogP contribution in [0.25, 0.3) is 16.6 Å². The van der Waals surface area contributed by atoms with Gasteiger partial charge in [-0.3, -0.25) is 4.40 Å². The Labute approximate surface area is 170 Å². The van der Waals surface area contributed by atoms with Crippen LogP contribution in [-0.2, 0) is 6.54 Å². The zero-order valence-electron chi connectivity index (χ0n) is 16.8. The van der Waals surface area contributed by atoms with E-state index in [2.05, 4.69) is 57.7 Å². The highest BCUT2D eigenvalue weighted by atomic mass is 15.3. The minimum Gasteiger partial charge on any atom is -0.356 e. The Hall–Kier alpha value is -2.99. The quantitative estimate of drug-likeness (QED) is 0.559. The second kappa shape index (κ2) is 7.79. The molecule has 1 aromatic carbocycles. The van der Waals surface area contributed by atoms with Crippen LogP contribution in [0.5, 0.6) is 0 Å². The third kappa shape index (κ3) is 3.56. The molecule has 0 spiro atoms. The van der Waals surface area contributed by atoms with Crippen molar-refractivity contribution in [2.45, 2.75) is 38.8 Å². The summed E-state index contributed by atoms with van der Waals surface area (Å²) >= 11 is 0. The summed E-state index contributed by atoms with van der Waals surface area (Å²) < 4.78 is 2.04. The molecule has 1 fully saturated rings. The first-order valence-corrected chi connectivity index (χ1v) is 10.5. The van der Waals surface area contributed by atoms with E-state index < -0.39 is 0 Å². The Morgan fingerprint density at radius 3 is 2.72 bits per heavy atom. The van der Waals surface area contributed by atoms with Gasteiger partial charge in [0.25, 0.3) is 0 Å². The average Bonchev–Trinajstić information content (AvgIpc) is 3.22. The normalized spacial score (nSPS) is 15.8. The van der Waals surface area contributed by atoms with Crippen LogP contribution in [0.15, 0.2) is 54.7 Å². The van der Waals surface area contributed by atoms with Crippen molar-refractivity contribution in [2.24, 2.45) is 0 Å². The number of fused-ring (bicyclic) bond motifs is 2. The summed E-state index contributed by atoms with van der Waals surface area (Å²) in [6.07, 6.45) is 5.81. The number of hydrogen-bond acceptors (Lipinski definition) is 5. The largest absolute Gasteiger partial charge is 0.356 e.